The molecule has 0 bridgehead atoms. The molecule has 17 heavy (non-hydrogen) atoms. The molecule has 1 heterocycles. The van der Waals surface area contributed by atoms with E-state index in [2.05, 4.69) is 12.2 Å². The zero-order valence-electron chi connectivity index (χ0n) is 9.30. The first-order chi connectivity index (χ1) is 8.34. The molecule has 0 N–H and O–H groups in total. The average molecular weight is 224 g/mol. The topological polar surface area (TPSA) is 30.2 Å². The van der Waals surface area contributed by atoms with Crippen LogP contribution in [-0.4, -0.2) is 0 Å². The summed E-state index contributed by atoms with van der Waals surface area (Å²) < 4.78 is 5.80. The molecule has 1 aromatic carbocycles. The van der Waals surface area contributed by atoms with E-state index < -0.39 is 0 Å². The van der Waals surface area contributed by atoms with Crippen molar-refractivity contribution in [3.63, 3.8) is 0 Å². The van der Waals surface area contributed by atoms with Crippen LogP contribution in [0.3, 0.4) is 0 Å². The minimum absolute atomic E-state index is 0.0322. The Morgan fingerprint density at radius 3 is 2.88 bits per heavy atom. The van der Waals surface area contributed by atoms with Crippen molar-refractivity contribution in [2.45, 2.75) is 12.3 Å². The molecule has 0 aliphatic heterocycles. The molecule has 84 valence electrons. The van der Waals surface area contributed by atoms with E-state index in [0.29, 0.717) is 11.0 Å². The van der Waals surface area contributed by atoms with Crippen LogP contribution in [0.2, 0.25) is 0 Å². The standard InChI is InChI=1S/C15H12O2/c16-13-10-15(11-6-2-1-3-7-11)17-14-9-5-4-8-12(13)14/h1-6,8-11H,7H2. The first-order valence-electron chi connectivity index (χ1n) is 5.71. The maximum Gasteiger partial charge on any atom is 0.192 e. The smallest absolute Gasteiger partial charge is 0.192 e. The molecule has 1 aliphatic carbocycles. The Hall–Kier alpha value is -2.09. The highest BCUT2D eigenvalue weighted by atomic mass is 16.3. The highest BCUT2D eigenvalue weighted by Gasteiger charge is 2.13. The van der Waals surface area contributed by atoms with Gasteiger partial charge in [0.15, 0.2) is 5.43 Å². The van der Waals surface area contributed by atoms with E-state index >= 15 is 0 Å². The first-order valence-corrected chi connectivity index (χ1v) is 5.71. The summed E-state index contributed by atoms with van der Waals surface area (Å²) in [6.07, 6.45) is 9.03. The highest BCUT2D eigenvalue weighted by molar-refractivity contribution is 5.76. The lowest BCUT2D eigenvalue weighted by Crippen LogP contribution is -2.05. The van der Waals surface area contributed by atoms with Crippen LogP contribution in [0.1, 0.15) is 18.1 Å². The number of allylic oxidation sites excluding steroid dienone is 4. The third-order valence-electron chi connectivity index (χ3n) is 3.00. The Bertz CT molecular complexity index is 662. The minimum atomic E-state index is 0.0322. The summed E-state index contributed by atoms with van der Waals surface area (Å²) in [6, 6.07) is 8.97. The number of hydrogen-bond acceptors (Lipinski definition) is 2. The molecular weight excluding hydrogens is 212 g/mol. The molecule has 1 atom stereocenters. The fourth-order valence-corrected chi connectivity index (χ4v) is 2.10. The number of para-hydroxylation sites is 1. The van der Waals surface area contributed by atoms with Gasteiger partial charge in [0, 0.05) is 12.0 Å². The molecule has 1 aliphatic rings. The molecule has 0 fully saturated rings. The number of rotatable bonds is 1. The van der Waals surface area contributed by atoms with Gasteiger partial charge >= 0.3 is 0 Å². The number of fused-ring (bicyclic) bond motifs is 1. The molecule has 0 saturated heterocycles. The molecule has 3 rings (SSSR count). The van der Waals surface area contributed by atoms with Crippen LogP contribution in [0, 0.1) is 0 Å². The largest absolute Gasteiger partial charge is 0.460 e. The molecule has 0 spiro atoms. The van der Waals surface area contributed by atoms with Gasteiger partial charge < -0.3 is 4.42 Å². The van der Waals surface area contributed by atoms with Crippen molar-refractivity contribution in [3.05, 3.63) is 70.6 Å². The maximum absolute atomic E-state index is 11.9. The van der Waals surface area contributed by atoms with Gasteiger partial charge in [0.25, 0.3) is 0 Å². The van der Waals surface area contributed by atoms with Crippen molar-refractivity contribution >= 4 is 11.0 Å². The molecule has 0 saturated carbocycles. The van der Waals surface area contributed by atoms with Crippen LogP contribution >= 0.6 is 0 Å². The highest BCUT2D eigenvalue weighted by Crippen LogP contribution is 2.25. The van der Waals surface area contributed by atoms with Gasteiger partial charge in [-0.15, -0.1) is 0 Å². The van der Waals surface area contributed by atoms with E-state index in [1.807, 2.05) is 30.4 Å². The van der Waals surface area contributed by atoms with Gasteiger partial charge in [-0.05, 0) is 18.6 Å². The third kappa shape index (κ3) is 1.82. The summed E-state index contributed by atoms with van der Waals surface area (Å²) in [4.78, 5) is 11.9. The Morgan fingerprint density at radius 1 is 1.18 bits per heavy atom. The third-order valence-corrected chi connectivity index (χ3v) is 3.00. The van der Waals surface area contributed by atoms with Crippen LogP contribution < -0.4 is 5.43 Å². The van der Waals surface area contributed by atoms with E-state index in [4.69, 9.17) is 4.42 Å². The quantitative estimate of drug-likeness (QED) is 0.743. The van der Waals surface area contributed by atoms with E-state index in [1.165, 1.54) is 0 Å². The van der Waals surface area contributed by atoms with Gasteiger partial charge in [-0.3, -0.25) is 4.79 Å². The van der Waals surface area contributed by atoms with Crippen LogP contribution in [0.5, 0.6) is 0 Å². The molecule has 0 amide bonds. The molecule has 1 unspecified atom stereocenters. The first kappa shape index (κ1) is 10.1. The lowest BCUT2D eigenvalue weighted by Gasteiger charge is -2.12. The predicted molar refractivity (Wildman–Crippen MR) is 68.1 cm³/mol. The van der Waals surface area contributed by atoms with Gasteiger partial charge in [-0.2, -0.15) is 0 Å². The second-order valence-electron chi connectivity index (χ2n) is 4.16. The van der Waals surface area contributed by atoms with Crippen molar-refractivity contribution in [1.82, 2.24) is 0 Å². The zero-order valence-corrected chi connectivity index (χ0v) is 9.30. The van der Waals surface area contributed by atoms with Crippen LogP contribution in [0.15, 0.2) is 63.8 Å². The number of hydrogen-bond donors (Lipinski definition) is 0. The van der Waals surface area contributed by atoms with Crippen molar-refractivity contribution in [3.8, 4) is 0 Å². The van der Waals surface area contributed by atoms with Gasteiger partial charge in [-0.25, -0.2) is 0 Å². The minimum Gasteiger partial charge on any atom is -0.460 e. The van der Waals surface area contributed by atoms with E-state index in [0.717, 1.165) is 12.2 Å². The SMILES string of the molecule is O=c1cc(C2C=CC=CC2)oc2ccccc12. The summed E-state index contributed by atoms with van der Waals surface area (Å²) >= 11 is 0. The summed E-state index contributed by atoms with van der Waals surface area (Å²) in [7, 11) is 0. The fourth-order valence-electron chi connectivity index (χ4n) is 2.10. The summed E-state index contributed by atoms with van der Waals surface area (Å²) in [6.45, 7) is 0. The maximum atomic E-state index is 11.9. The number of benzene rings is 1. The lowest BCUT2D eigenvalue weighted by molar-refractivity contribution is 0.512. The molecule has 2 aromatic rings. The van der Waals surface area contributed by atoms with Gasteiger partial charge in [0.1, 0.15) is 11.3 Å². The van der Waals surface area contributed by atoms with Crippen molar-refractivity contribution in [2.24, 2.45) is 0 Å². The van der Waals surface area contributed by atoms with E-state index in [-0.39, 0.29) is 11.3 Å². The zero-order chi connectivity index (χ0) is 11.7. The van der Waals surface area contributed by atoms with Crippen molar-refractivity contribution in [1.29, 1.82) is 0 Å². The predicted octanol–water partition coefficient (Wildman–Crippen LogP) is 3.39. The van der Waals surface area contributed by atoms with Gasteiger partial charge in [0.05, 0.1) is 5.39 Å². The summed E-state index contributed by atoms with van der Waals surface area (Å²) in [5.74, 6) is 0.923. The summed E-state index contributed by atoms with van der Waals surface area (Å²) in [5.41, 5.74) is 0.697. The fraction of sp³-hybridized carbons (Fsp3) is 0.133. The Labute approximate surface area is 98.9 Å². The van der Waals surface area contributed by atoms with Crippen molar-refractivity contribution < 1.29 is 4.42 Å². The van der Waals surface area contributed by atoms with Crippen molar-refractivity contribution in [2.75, 3.05) is 0 Å². The Morgan fingerprint density at radius 2 is 2.06 bits per heavy atom. The molecule has 2 heteroatoms. The Balaban J connectivity index is 2.15. The van der Waals surface area contributed by atoms with Crippen LogP contribution in [-0.2, 0) is 0 Å². The molecule has 0 radical (unpaired) electrons. The lowest BCUT2D eigenvalue weighted by atomic mass is 9.97. The van der Waals surface area contributed by atoms with Crippen LogP contribution in [0.25, 0.3) is 11.0 Å². The van der Waals surface area contributed by atoms with E-state index in [1.54, 1.807) is 12.1 Å². The normalized spacial score (nSPS) is 18.7. The summed E-state index contributed by atoms with van der Waals surface area (Å²) in [5, 5.41) is 0.645. The van der Waals surface area contributed by atoms with Gasteiger partial charge in [-0.1, -0.05) is 36.4 Å². The monoisotopic (exact) mass is 224 g/mol. The van der Waals surface area contributed by atoms with Gasteiger partial charge in [0.2, 0.25) is 0 Å². The second kappa shape index (κ2) is 4.06. The van der Waals surface area contributed by atoms with Crippen LogP contribution in [0.4, 0.5) is 0 Å². The molecular formula is C15H12O2. The average Bonchev–Trinajstić information content (AvgIpc) is 2.40. The second-order valence-corrected chi connectivity index (χ2v) is 4.16. The molecule has 2 nitrogen and oxygen atoms in total. The molecule has 1 aromatic heterocycles. The van der Waals surface area contributed by atoms with E-state index in [9.17, 15) is 4.79 Å². The Kier molecular flexibility index (Phi) is 2.41.